The Bertz CT molecular complexity index is 516. The zero-order chi connectivity index (χ0) is 16.5. The number of carbonyl (C=O) groups is 1. The number of hydrogen-bond acceptors (Lipinski definition) is 6. The van der Waals surface area contributed by atoms with E-state index < -0.39 is 0 Å². The van der Waals surface area contributed by atoms with Crippen molar-refractivity contribution in [1.29, 1.82) is 0 Å². The van der Waals surface area contributed by atoms with E-state index in [1.54, 1.807) is 11.3 Å². The number of morpholine rings is 1. The molecule has 1 amide bonds. The minimum Gasteiger partial charge on any atom is -0.378 e. The van der Waals surface area contributed by atoms with Crippen LogP contribution in [-0.2, 0) is 16.0 Å². The van der Waals surface area contributed by atoms with Crippen LogP contribution >= 0.6 is 11.3 Å². The van der Waals surface area contributed by atoms with Crippen LogP contribution < -0.4 is 10.3 Å². The summed E-state index contributed by atoms with van der Waals surface area (Å²) in [6.07, 6.45) is 4.24. The Hall–Kier alpha value is -1.47. The van der Waals surface area contributed by atoms with Crippen molar-refractivity contribution in [3.63, 3.8) is 0 Å². The second-order valence-electron chi connectivity index (χ2n) is 5.61. The van der Waals surface area contributed by atoms with E-state index in [-0.39, 0.29) is 12.3 Å². The molecule has 0 unspecified atom stereocenters. The van der Waals surface area contributed by atoms with Gasteiger partial charge < -0.3 is 9.64 Å². The monoisotopic (exact) mass is 338 g/mol. The maximum Gasteiger partial charge on any atom is 0.246 e. The lowest BCUT2D eigenvalue weighted by Crippen LogP contribution is -2.36. The first-order valence-electron chi connectivity index (χ1n) is 8.34. The largest absolute Gasteiger partial charge is 0.378 e. The van der Waals surface area contributed by atoms with Gasteiger partial charge in [0.25, 0.3) is 0 Å². The number of rotatable bonds is 8. The Labute approximate surface area is 141 Å². The van der Waals surface area contributed by atoms with Crippen molar-refractivity contribution in [1.82, 2.24) is 10.4 Å². The van der Waals surface area contributed by atoms with Gasteiger partial charge in [-0.25, -0.2) is 10.4 Å². The molecule has 1 aliphatic heterocycles. The van der Waals surface area contributed by atoms with Gasteiger partial charge in [0.05, 0.1) is 25.3 Å². The van der Waals surface area contributed by atoms with E-state index in [9.17, 15) is 4.79 Å². The molecule has 2 rings (SSSR count). The number of hydrazone groups is 1. The summed E-state index contributed by atoms with van der Waals surface area (Å²) in [5, 5.41) is 7.18. The molecule has 7 heteroatoms. The highest BCUT2D eigenvalue weighted by Gasteiger charge is 2.15. The van der Waals surface area contributed by atoms with Gasteiger partial charge >= 0.3 is 0 Å². The highest BCUT2D eigenvalue weighted by molar-refractivity contribution is 7.13. The molecule has 1 aromatic heterocycles. The van der Waals surface area contributed by atoms with Gasteiger partial charge in [-0.05, 0) is 12.8 Å². The third-order valence-electron chi connectivity index (χ3n) is 3.58. The van der Waals surface area contributed by atoms with Crippen LogP contribution in [0.25, 0.3) is 0 Å². The summed E-state index contributed by atoms with van der Waals surface area (Å²) < 4.78 is 5.34. The quantitative estimate of drug-likeness (QED) is 0.584. The number of amides is 1. The Kier molecular flexibility index (Phi) is 7.48. The molecule has 1 fully saturated rings. The molecular weight excluding hydrogens is 312 g/mol. The van der Waals surface area contributed by atoms with Crippen LogP contribution in [0.2, 0.25) is 0 Å². The first-order valence-corrected chi connectivity index (χ1v) is 9.22. The van der Waals surface area contributed by atoms with E-state index in [4.69, 9.17) is 4.74 Å². The van der Waals surface area contributed by atoms with Crippen LogP contribution in [0.4, 0.5) is 5.13 Å². The number of carbonyl (C=O) groups excluding carboxylic acids is 1. The molecule has 2 heterocycles. The van der Waals surface area contributed by atoms with Crippen molar-refractivity contribution < 1.29 is 9.53 Å². The lowest BCUT2D eigenvalue weighted by molar-refractivity contribution is -0.120. The van der Waals surface area contributed by atoms with Crippen LogP contribution in [0.3, 0.4) is 0 Å². The predicted molar refractivity (Wildman–Crippen MR) is 94.2 cm³/mol. The number of anilines is 1. The van der Waals surface area contributed by atoms with Crippen molar-refractivity contribution >= 4 is 28.1 Å². The van der Waals surface area contributed by atoms with Crippen molar-refractivity contribution in [2.45, 2.75) is 46.0 Å². The number of hydrogen-bond donors (Lipinski definition) is 1. The van der Waals surface area contributed by atoms with Gasteiger partial charge in [-0.1, -0.05) is 26.7 Å². The average Bonchev–Trinajstić information content (AvgIpc) is 3.02. The van der Waals surface area contributed by atoms with Crippen LogP contribution in [0.1, 0.15) is 45.2 Å². The van der Waals surface area contributed by atoms with Crippen molar-refractivity contribution in [3.05, 3.63) is 11.1 Å². The third kappa shape index (κ3) is 5.91. The van der Waals surface area contributed by atoms with Crippen molar-refractivity contribution in [3.8, 4) is 0 Å². The minimum absolute atomic E-state index is 0.103. The van der Waals surface area contributed by atoms with Crippen LogP contribution in [0.5, 0.6) is 0 Å². The number of thiazole rings is 1. The van der Waals surface area contributed by atoms with Gasteiger partial charge in [0.15, 0.2) is 5.13 Å². The third-order valence-corrected chi connectivity index (χ3v) is 4.53. The van der Waals surface area contributed by atoms with E-state index in [1.165, 1.54) is 0 Å². The van der Waals surface area contributed by atoms with Crippen molar-refractivity contribution in [2.24, 2.45) is 5.10 Å². The predicted octanol–water partition coefficient (Wildman–Crippen LogP) is 2.59. The molecule has 0 bridgehead atoms. The van der Waals surface area contributed by atoms with E-state index in [2.05, 4.69) is 34.3 Å². The van der Waals surface area contributed by atoms with Gasteiger partial charge in [-0.3, -0.25) is 4.79 Å². The first-order chi connectivity index (χ1) is 11.2. The number of nitrogens with one attached hydrogen (secondary N) is 1. The fourth-order valence-electron chi connectivity index (χ4n) is 2.44. The molecule has 23 heavy (non-hydrogen) atoms. The molecular formula is C16H26N4O2S. The van der Waals surface area contributed by atoms with E-state index in [0.717, 1.165) is 68.5 Å². The normalized spacial score (nSPS) is 14.6. The van der Waals surface area contributed by atoms with E-state index in [0.29, 0.717) is 0 Å². The zero-order valence-electron chi connectivity index (χ0n) is 14.0. The van der Waals surface area contributed by atoms with E-state index >= 15 is 0 Å². The zero-order valence-corrected chi connectivity index (χ0v) is 14.8. The summed E-state index contributed by atoms with van der Waals surface area (Å²) in [5.74, 6) is -0.103. The molecule has 0 aliphatic carbocycles. The molecule has 128 valence electrons. The lowest BCUT2D eigenvalue weighted by atomic mass is 10.1. The fraction of sp³-hybridized carbons (Fsp3) is 0.688. The highest BCUT2D eigenvalue weighted by Crippen LogP contribution is 2.21. The average molecular weight is 338 g/mol. The first kappa shape index (κ1) is 17.9. The summed E-state index contributed by atoms with van der Waals surface area (Å²) in [5.41, 5.74) is 4.54. The second kappa shape index (κ2) is 9.62. The highest BCUT2D eigenvalue weighted by atomic mass is 32.1. The lowest BCUT2D eigenvalue weighted by Gasteiger charge is -2.26. The van der Waals surface area contributed by atoms with Gasteiger partial charge in [-0.2, -0.15) is 5.10 Å². The van der Waals surface area contributed by atoms with Gasteiger partial charge in [-0.15, -0.1) is 11.3 Å². The maximum absolute atomic E-state index is 12.0. The molecule has 0 aromatic carbocycles. The molecule has 1 N–H and O–H groups in total. The summed E-state index contributed by atoms with van der Waals surface area (Å²) in [6.45, 7) is 7.44. The Balaban J connectivity index is 1.85. The summed E-state index contributed by atoms with van der Waals surface area (Å²) in [7, 11) is 0. The van der Waals surface area contributed by atoms with Crippen LogP contribution in [-0.4, -0.2) is 42.9 Å². The number of aromatic nitrogens is 1. The topological polar surface area (TPSA) is 66.8 Å². The van der Waals surface area contributed by atoms with Gasteiger partial charge in [0.2, 0.25) is 5.91 Å². The molecule has 0 atom stereocenters. The molecule has 1 aromatic rings. The summed E-state index contributed by atoms with van der Waals surface area (Å²) in [4.78, 5) is 18.8. The molecule has 1 aliphatic rings. The SMILES string of the molecule is CCCC(CCC)=NNC(=O)Cc1csc(N2CCOCC2)n1. The Morgan fingerprint density at radius 2 is 2.04 bits per heavy atom. The Morgan fingerprint density at radius 3 is 2.70 bits per heavy atom. The summed E-state index contributed by atoms with van der Waals surface area (Å²) >= 11 is 1.58. The van der Waals surface area contributed by atoms with Crippen molar-refractivity contribution in [2.75, 3.05) is 31.2 Å². The van der Waals surface area contributed by atoms with Gasteiger partial charge in [0.1, 0.15) is 0 Å². The number of nitrogens with zero attached hydrogens (tertiary/aromatic N) is 3. The van der Waals surface area contributed by atoms with Gasteiger partial charge in [0, 0.05) is 24.2 Å². The molecule has 0 spiro atoms. The number of ether oxygens (including phenoxy) is 1. The van der Waals surface area contributed by atoms with Crippen LogP contribution in [0.15, 0.2) is 10.5 Å². The second-order valence-corrected chi connectivity index (χ2v) is 6.45. The molecule has 6 nitrogen and oxygen atoms in total. The van der Waals surface area contributed by atoms with Crippen LogP contribution in [0, 0.1) is 0 Å². The smallest absolute Gasteiger partial charge is 0.246 e. The maximum atomic E-state index is 12.0. The Morgan fingerprint density at radius 1 is 1.35 bits per heavy atom. The standard InChI is InChI=1S/C16H26N4O2S/c1-3-5-13(6-4-2)18-19-15(21)11-14-12-23-16(17-14)20-7-9-22-10-8-20/h12H,3-11H2,1-2H3,(H,19,21). The molecule has 0 radical (unpaired) electrons. The summed E-state index contributed by atoms with van der Waals surface area (Å²) in [6, 6.07) is 0. The fourth-order valence-corrected chi connectivity index (χ4v) is 3.32. The molecule has 1 saturated heterocycles. The minimum atomic E-state index is -0.103. The van der Waals surface area contributed by atoms with E-state index in [1.807, 2.05) is 5.38 Å². The molecule has 0 saturated carbocycles.